The summed E-state index contributed by atoms with van der Waals surface area (Å²) in [6.45, 7) is 6.85. The fourth-order valence-electron chi connectivity index (χ4n) is 5.79. The highest BCUT2D eigenvalue weighted by Crippen LogP contribution is 2.60. The highest BCUT2D eigenvalue weighted by atomic mass is 17.3. The average Bonchev–Trinajstić information content (AvgIpc) is 2.95. The highest BCUT2D eigenvalue weighted by Gasteiger charge is 2.69. The molecule has 0 aromatic heterocycles. The summed E-state index contributed by atoms with van der Waals surface area (Å²) in [5, 5.41) is 8.60. The van der Waals surface area contributed by atoms with E-state index in [1.165, 1.54) is 0 Å². The van der Waals surface area contributed by atoms with Gasteiger partial charge in [0.1, 0.15) is 0 Å². The molecule has 5 aliphatic rings. The molecule has 0 aromatic carbocycles. The first kappa shape index (κ1) is 22.9. The molecule has 4 aliphatic heterocycles. The minimum absolute atomic E-state index is 0.0963. The quantitative estimate of drug-likeness (QED) is 0.344. The van der Waals surface area contributed by atoms with Gasteiger partial charge in [0.05, 0.1) is 26.1 Å². The van der Waals surface area contributed by atoms with Crippen LogP contribution in [0.3, 0.4) is 0 Å². The molecule has 4 saturated heterocycles. The van der Waals surface area contributed by atoms with E-state index in [2.05, 4.69) is 13.8 Å². The van der Waals surface area contributed by atoms with Gasteiger partial charge in [-0.3, -0.25) is 9.59 Å². The third kappa shape index (κ3) is 4.35. The molecule has 8 atom stereocenters. The van der Waals surface area contributed by atoms with Gasteiger partial charge in [0.25, 0.3) is 0 Å². The van der Waals surface area contributed by atoms with Crippen molar-refractivity contribution in [1.82, 2.24) is 0 Å². The van der Waals surface area contributed by atoms with Gasteiger partial charge >= 0.3 is 11.9 Å². The van der Waals surface area contributed by atoms with Crippen LogP contribution in [-0.4, -0.2) is 54.2 Å². The molecule has 1 N–H and O–H groups in total. The molecule has 31 heavy (non-hydrogen) atoms. The Bertz CT molecular complexity index is 684. The fourth-order valence-corrected chi connectivity index (χ4v) is 5.79. The summed E-state index contributed by atoms with van der Waals surface area (Å²) in [6.07, 6.45) is 3.06. The van der Waals surface area contributed by atoms with Crippen molar-refractivity contribution in [1.29, 1.82) is 0 Å². The van der Waals surface area contributed by atoms with E-state index in [-0.39, 0.29) is 31.3 Å². The number of ether oxygens (including phenoxy) is 4. The zero-order valence-corrected chi connectivity index (χ0v) is 18.5. The van der Waals surface area contributed by atoms with E-state index in [0.29, 0.717) is 24.9 Å². The van der Waals surface area contributed by atoms with Gasteiger partial charge in [-0.2, -0.15) is 0 Å². The number of hydrogen-bond acceptors (Lipinski definition) is 8. The second-order valence-corrected chi connectivity index (χ2v) is 9.61. The van der Waals surface area contributed by atoms with E-state index >= 15 is 0 Å². The second-order valence-electron chi connectivity index (χ2n) is 9.61. The largest absolute Gasteiger partial charge is 0.481 e. The summed E-state index contributed by atoms with van der Waals surface area (Å²) in [4.78, 5) is 33.9. The number of esters is 1. The molecule has 0 aromatic rings. The van der Waals surface area contributed by atoms with Gasteiger partial charge in [0.15, 0.2) is 18.2 Å². The van der Waals surface area contributed by atoms with Gasteiger partial charge in [-0.25, -0.2) is 9.78 Å². The molecule has 0 radical (unpaired) electrons. The maximum Gasteiger partial charge on any atom is 0.306 e. The zero-order valence-electron chi connectivity index (χ0n) is 18.5. The minimum Gasteiger partial charge on any atom is -0.481 e. The molecule has 2 bridgehead atoms. The molecule has 9 heteroatoms. The molecule has 176 valence electrons. The molecule has 1 saturated carbocycles. The number of fused-ring (bicyclic) bond motifs is 2. The van der Waals surface area contributed by atoms with Crippen molar-refractivity contribution in [2.75, 3.05) is 13.2 Å². The van der Waals surface area contributed by atoms with Crippen molar-refractivity contribution in [3.63, 3.8) is 0 Å². The Labute approximate surface area is 182 Å². The lowest BCUT2D eigenvalue weighted by atomic mass is 9.58. The van der Waals surface area contributed by atoms with Crippen LogP contribution in [0.25, 0.3) is 0 Å². The van der Waals surface area contributed by atoms with E-state index in [1.807, 2.05) is 6.92 Å². The summed E-state index contributed by atoms with van der Waals surface area (Å²) in [7, 11) is 0. The summed E-state index contributed by atoms with van der Waals surface area (Å²) < 4.78 is 23.7. The van der Waals surface area contributed by atoms with Gasteiger partial charge in [-0.15, -0.1) is 0 Å². The molecule has 0 amide bonds. The predicted molar refractivity (Wildman–Crippen MR) is 105 cm³/mol. The van der Waals surface area contributed by atoms with Crippen molar-refractivity contribution in [2.24, 2.45) is 23.7 Å². The first-order valence-electron chi connectivity index (χ1n) is 11.4. The normalized spacial score (nSPS) is 43.7. The van der Waals surface area contributed by atoms with Crippen molar-refractivity contribution in [3.05, 3.63) is 0 Å². The molecule has 0 unspecified atom stereocenters. The Morgan fingerprint density at radius 3 is 2.65 bits per heavy atom. The lowest BCUT2D eigenvalue weighted by molar-refractivity contribution is -0.577. The van der Waals surface area contributed by atoms with Gasteiger partial charge in [0, 0.05) is 24.7 Å². The zero-order chi connectivity index (χ0) is 22.2. The molecular formula is C22H34O9. The number of rotatable bonds is 8. The lowest BCUT2D eigenvalue weighted by Gasteiger charge is -2.60. The Kier molecular flexibility index (Phi) is 6.61. The maximum atomic E-state index is 11.5. The molecule has 4 heterocycles. The third-order valence-electron chi connectivity index (χ3n) is 7.47. The van der Waals surface area contributed by atoms with Gasteiger partial charge in [0.2, 0.25) is 5.79 Å². The molecule has 9 nitrogen and oxygen atoms in total. The maximum absolute atomic E-state index is 11.5. The first-order valence-corrected chi connectivity index (χ1v) is 11.4. The van der Waals surface area contributed by atoms with Gasteiger partial charge in [-0.05, 0) is 38.0 Å². The van der Waals surface area contributed by atoms with Crippen LogP contribution in [0.2, 0.25) is 0 Å². The fraction of sp³-hybridized carbons (Fsp3) is 0.909. The Balaban J connectivity index is 1.34. The van der Waals surface area contributed by atoms with Crippen LogP contribution in [0.5, 0.6) is 0 Å². The number of hydrogen-bond donors (Lipinski definition) is 1. The van der Waals surface area contributed by atoms with Gasteiger partial charge in [-0.1, -0.05) is 13.8 Å². The highest BCUT2D eigenvalue weighted by molar-refractivity contribution is 5.76. The van der Waals surface area contributed by atoms with Crippen molar-refractivity contribution in [2.45, 2.75) is 89.7 Å². The number of carboxylic acid groups (broad SMARTS) is 1. The van der Waals surface area contributed by atoms with Crippen molar-refractivity contribution < 1.29 is 43.4 Å². The monoisotopic (exact) mass is 442 g/mol. The molecule has 5 fully saturated rings. The van der Waals surface area contributed by atoms with E-state index in [4.69, 9.17) is 33.8 Å². The molecular weight excluding hydrogens is 408 g/mol. The summed E-state index contributed by atoms with van der Waals surface area (Å²) in [5.74, 6) is -1.22. The lowest BCUT2D eigenvalue weighted by Crippen LogP contribution is -2.70. The number of carbonyl (C=O) groups excluding carboxylic acids is 1. The summed E-state index contributed by atoms with van der Waals surface area (Å²) >= 11 is 0. The third-order valence-corrected chi connectivity index (χ3v) is 7.47. The predicted octanol–water partition coefficient (Wildman–Crippen LogP) is 3.01. The van der Waals surface area contributed by atoms with Crippen LogP contribution >= 0.6 is 0 Å². The molecule has 1 aliphatic carbocycles. The standard InChI is InChI=1S/C22H34O9/c1-13-5-6-16-14(2)19(27-12-4-11-26-18(25)8-7-17(23)24)28-20-22(16)15(13)9-10-21(3,29-20)30-31-22/h13-16,19-20H,4-12H2,1-3H3,(H,23,24)/t13-,14-,15+,16+,19+,20-,21+,22-/m1/s1. The smallest absolute Gasteiger partial charge is 0.306 e. The van der Waals surface area contributed by atoms with Crippen LogP contribution in [-0.2, 0) is 38.3 Å². The molecule has 5 rings (SSSR count). The topological polar surface area (TPSA) is 110 Å². The van der Waals surface area contributed by atoms with Crippen LogP contribution < -0.4 is 0 Å². The number of carboxylic acids is 1. The van der Waals surface area contributed by atoms with E-state index < -0.39 is 35.9 Å². The van der Waals surface area contributed by atoms with Crippen LogP contribution in [0, 0.1) is 23.7 Å². The first-order chi connectivity index (χ1) is 14.7. The number of carbonyl (C=O) groups is 2. The second kappa shape index (κ2) is 8.94. The van der Waals surface area contributed by atoms with Gasteiger partial charge < -0.3 is 24.1 Å². The van der Waals surface area contributed by atoms with Crippen molar-refractivity contribution in [3.8, 4) is 0 Å². The van der Waals surface area contributed by atoms with E-state index in [1.54, 1.807) is 0 Å². The SMILES string of the molecule is C[C@H]1[C@@H](OCCCOC(=O)CCC(=O)O)O[C@@H]2O[C@]3(C)CC[C@H]4[C@H](C)CC[C@@H]1[C@@]24OO3. The Hall–Kier alpha value is -1.26. The van der Waals surface area contributed by atoms with Crippen LogP contribution in [0.15, 0.2) is 0 Å². The Morgan fingerprint density at radius 2 is 1.87 bits per heavy atom. The molecule has 1 spiro atoms. The average molecular weight is 443 g/mol. The van der Waals surface area contributed by atoms with Crippen molar-refractivity contribution >= 4 is 11.9 Å². The minimum atomic E-state index is -1.02. The van der Waals surface area contributed by atoms with E-state index in [0.717, 1.165) is 25.7 Å². The summed E-state index contributed by atoms with van der Waals surface area (Å²) in [6, 6.07) is 0. The van der Waals surface area contributed by atoms with Crippen LogP contribution in [0.1, 0.15) is 65.7 Å². The summed E-state index contributed by atoms with van der Waals surface area (Å²) in [5.41, 5.74) is -0.605. The number of aliphatic carboxylic acids is 1. The van der Waals surface area contributed by atoms with Crippen LogP contribution in [0.4, 0.5) is 0 Å². The van der Waals surface area contributed by atoms with E-state index in [9.17, 15) is 9.59 Å². The Morgan fingerprint density at radius 1 is 1.06 bits per heavy atom.